The molecule has 3 rings (SSSR count). The van der Waals surface area contributed by atoms with Gasteiger partial charge in [0.15, 0.2) is 12.3 Å². The molecule has 1 N–H and O–H groups in total. The summed E-state index contributed by atoms with van der Waals surface area (Å²) < 4.78 is 50.8. The zero-order valence-electron chi connectivity index (χ0n) is 15.7. The quantitative estimate of drug-likeness (QED) is 0.598. The molecule has 1 aromatic heterocycles. The maximum Gasteiger partial charge on any atom is 0.435 e. The second-order valence-corrected chi connectivity index (χ2v) is 6.51. The van der Waals surface area contributed by atoms with Gasteiger partial charge in [-0.2, -0.15) is 23.0 Å². The van der Waals surface area contributed by atoms with Crippen LogP contribution < -0.4 is 14.8 Å². The van der Waals surface area contributed by atoms with E-state index in [4.69, 9.17) is 21.1 Å². The van der Waals surface area contributed by atoms with Crippen molar-refractivity contribution in [3.05, 3.63) is 70.9 Å². The number of aromatic nitrogens is 2. The number of rotatable bonds is 7. The molecule has 0 fully saturated rings. The number of amides is 1. The predicted molar refractivity (Wildman–Crippen MR) is 104 cm³/mol. The maximum atomic E-state index is 13.1. The van der Waals surface area contributed by atoms with Gasteiger partial charge in [-0.15, -0.1) is 0 Å². The van der Waals surface area contributed by atoms with Crippen LogP contribution in [0.4, 0.5) is 13.2 Å². The van der Waals surface area contributed by atoms with Gasteiger partial charge >= 0.3 is 6.18 Å². The number of nitrogens with zero attached hydrogens (tertiary/aromatic N) is 2. The highest BCUT2D eigenvalue weighted by atomic mass is 35.5. The summed E-state index contributed by atoms with van der Waals surface area (Å²) in [5, 5.41) is 6.35. The minimum atomic E-state index is -4.68. The van der Waals surface area contributed by atoms with Gasteiger partial charge in [0.05, 0.1) is 17.8 Å². The molecule has 0 spiro atoms. The normalized spacial score (nSPS) is 11.2. The van der Waals surface area contributed by atoms with E-state index in [-0.39, 0.29) is 23.1 Å². The van der Waals surface area contributed by atoms with Crippen LogP contribution in [0.5, 0.6) is 11.6 Å². The summed E-state index contributed by atoms with van der Waals surface area (Å²) in [6.07, 6.45) is -4.68. The van der Waals surface area contributed by atoms with E-state index in [0.29, 0.717) is 5.75 Å². The van der Waals surface area contributed by atoms with Crippen LogP contribution >= 0.6 is 11.6 Å². The monoisotopic (exact) mass is 439 g/mol. The van der Waals surface area contributed by atoms with Crippen LogP contribution in [0.3, 0.4) is 0 Å². The Hall–Kier alpha value is -3.20. The summed E-state index contributed by atoms with van der Waals surface area (Å²) in [5.74, 6) is -0.186. The minimum Gasteiger partial charge on any atom is -0.496 e. The molecule has 0 aliphatic rings. The topological polar surface area (TPSA) is 65.4 Å². The van der Waals surface area contributed by atoms with Crippen molar-refractivity contribution in [2.45, 2.75) is 12.7 Å². The fourth-order valence-electron chi connectivity index (χ4n) is 2.63. The van der Waals surface area contributed by atoms with Gasteiger partial charge in [-0.25, -0.2) is 0 Å². The molecule has 0 saturated heterocycles. The first kappa shape index (κ1) is 21.5. The molecule has 1 heterocycles. The number of halogens is 4. The van der Waals surface area contributed by atoms with E-state index >= 15 is 0 Å². The maximum absolute atomic E-state index is 13.1. The molecule has 0 saturated carbocycles. The molecule has 30 heavy (non-hydrogen) atoms. The Morgan fingerprint density at radius 1 is 1.17 bits per heavy atom. The fourth-order valence-corrected chi connectivity index (χ4v) is 2.85. The average Bonchev–Trinajstić information content (AvgIpc) is 3.16. The van der Waals surface area contributed by atoms with Crippen molar-refractivity contribution >= 4 is 17.5 Å². The van der Waals surface area contributed by atoms with E-state index in [0.717, 1.165) is 16.3 Å². The lowest BCUT2D eigenvalue weighted by Crippen LogP contribution is -2.28. The Morgan fingerprint density at radius 3 is 2.57 bits per heavy atom. The number of hydrogen-bond acceptors (Lipinski definition) is 4. The standard InChI is InChI=1S/C20H17ClF3N3O3/c1-29-16-9-5-2-6-13(16)11-25-18(28)12-30-19-10-17(20(22,23)24)26-27(19)15-8-4-3-7-14(15)21/h2-10H,11-12H2,1H3,(H,25,28). The highest BCUT2D eigenvalue weighted by molar-refractivity contribution is 6.32. The molecule has 158 valence electrons. The zero-order chi connectivity index (χ0) is 21.7. The van der Waals surface area contributed by atoms with Crippen molar-refractivity contribution < 1.29 is 27.4 Å². The highest BCUT2D eigenvalue weighted by Gasteiger charge is 2.36. The van der Waals surface area contributed by atoms with Gasteiger partial charge in [0.2, 0.25) is 5.88 Å². The van der Waals surface area contributed by atoms with Gasteiger partial charge in [-0.3, -0.25) is 4.79 Å². The Kier molecular flexibility index (Phi) is 6.51. The van der Waals surface area contributed by atoms with Crippen molar-refractivity contribution in [2.75, 3.05) is 13.7 Å². The molecule has 0 atom stereocenters. The zero-order valence-corrected chi connectivity index (χ0v) is 16.5. The molecule has 0 bridgehead atoms. The van der Waals surface area contributed by atoms with Crippen molar-refractivity contribution in [3.8, 4) is 17.3 Å². The fraction of sp³-hybridized carbons (Fsp3) is 0.200. The van der Waals surface area contributed by atoms with Gasteiger partial charge in [-0.05, 0) is 18.2 Å². The Morgan fingerprint density at radius 2 is 1.87 bits per heavy atom. The van der Waals surface area contributed by atoms with Crippen LogP contribution in [-0.4, -0.2) is 29.4 Å². The van der Waals surface area contributed by atoms with E-state index < -0.39 is 24.4 Å². The number of hydrogen-bond donors (Lipinski definition) is 1. The third-order valence-corrected chi connectivity index (χ3v) is 4.39. The molecule has 0 aliphatic heterocycles. The van der Waals surface area contributed by atoms with Crippen LogP contribution in [-0.2, 0) is 17.5 Å². The largest absolute Gasteiger partial charge is 0.496 e. The number of carbonyl (C=O) groups is 1. The number of para-hydroxylation sites is 2. The van der Waals surface area contributed by atoms with E-state index in [1.54, 1.807) is 36.4 Å². The Balaban J connectivity index is 1.73. The molecular formula is C20H17ClF3N3O3. The number of alkyl halides is 3. The summed E-state index contributed by atoms with van der Waals surface area (Å²) in [5.41, 5.74) is -0.222. The molecule has 0 radical (unpaired) electrons. The summed E-state index contributed by atoms with van der Waals surface area (Å²) in [7, 11) is 1.51. The lowest BCUT2D eigenvalue weighted by atomic mass is 10.2. The summed E-state index contributed by atoms with van der Waals surface area (Å²) >= 11 is 6.07. The second kappa shape index (κ2) is 9.08. The first-order chi connectivity index (χ1) is 14.3. The lowest BCUT2D eigenvalue weighted by Gasteiger charge is -2.11. The second-order valence-electron chi connectivity index (χ2n) is 6.11. The number of benzene rings is 2. The van der Waals surface area contributed by atoms with Crippen LogP contribution in [0.15, 0.2) is 54.6 Å². The van der Waals surface area contributed by atoms with Crippen LogP contribution in [0.1, 0.15) is 11.3 Å². The van der Waals surface area contributed by atoms with Gasteiger partial charge in [-0.1, -0.05) is 41.9 Å². The Bertz CT molecular complexity index is 1040. The van der Waals surface area contributed by atoms with E-state index in [1.807, 2.05) is 0 Å². The first-order valence-corrected chi connectivity index (χ1v) is 9.11. The third-order valence-electron chi connectivity index (χ3n) is 4.07. The van der Waals surface area contributed by atoms with Crippen molar-refractivity contribution in [1.82, 2.24) is 15.1 Å². The average molecular weight is 440 g/mol. The molecule has 0 unspecified atom stereocenters. The first-order valence-electron chi connectivity index (χ1n) is 8.73. The summed E-state index contributed by atoms with van der Waals surface area (Å²) in [4.78, 5) is 12.2. The molecule has 10 heteroatoms. The van der Waals surface area contributed by atoms with Crippen LogP contribution in [0.25, 0.3) is 5.69 Å². The number of nitrogens with one attached hydrogen (secondary N) is 1. The molecular weight excluding hydrogens is 423 g/mol. The predicted octanol–water partition coefficient (Wildman–Crippen LogP) is 4.25. The van der Waals surface area contributed by atoms with Crippen LogP contribution in [0, 0.1) is 0 Å². The molecule has 0 aliphatic carbocycles. The third kappa shape index (κ3) is 5.04. The summed E-state index contributed by atoms with van der Waals surface area (Å²) in [6, 6.07) is 14.1. The molecule has 3 aromatic rings. The van der Waals surface area contributed by atoms with Crippen molar-refractivity contribution in [3.63, 3.8) is 0 Å². The Labute approximate surface area is 175 Å². The van der Waals surface area contributed by atoms with E-state index in [9.17, 15) is 18.0 Å². The van der Waals surface area contributed by atoms with Crippen molar-refractivity contribution in [2.24, 2.45) is 0 Å². The van der Waals surface area contributed by atoms with Crippen molar-refractivity contribution in [1.29, 1.82) is 0 Å². The molecule has 6 nitrogen and oxygen atoms in total. The van der Waals surface area contributed by atoms with Gasteiger partial charge in [0.1, 0.15) is 5.75 Å². The van der Waals surface area contributed by atoms with Gasteiger partial charge in [0, 0.05) is 18.2 Å². The number of ether oxygens (including phenoxy) is 2. The van der Waals surface area contributed by atoms with Gasteiger partial charge < -0.3 is 14.8 Å². The highest BCUT2D eigenvalue weighted by Crippen LogP contribution is 2.33. The summed E-state index contributed by atoms with van der Waals surface area (Å²) in [6.45, 7) is -0.341. The molecule has 2 aromatic carbocycles. The van der Waals surface area contributed by atoms with E-state index in [1.165, 1.54) is 19.2 Å². The SMILES string of the molecule is COc1ccccc1CNC(=O)COc1cc(C(F)(F)F)nn1-c1ccccc1Cl. The van der Waals surface area contributed by atoms with Gasteiger partial charge in [0.25, 0.3) is 5.91 Å². The molecule has 1 amide bonds. The van der Waals surface area contributed by atoms with E-state index in [2.05, 4.69) is 10.4 Å². The number of methoxy groups -OCH3 is 1. The lowest BCUT2D eigenvalue weighted by molar-refractivity contribution is -0.141. The van der Waals surface area contributed by atoms with Crippen LogP contribution in [0.2, 0.25) is 5.02 Å². The minimum absolute atomic E-state index is 0.170. The number of carbonyl (C=O) groups excluding carboxylic acids is 1. The smallest absolute Gasteiger partial charge is 0.435 e.